The Hall–Kier alpha value is -2.97. The molecule has 8 heteroatoms. The molecule has 0 saturated carbocycles. The first-order valence-corrected chi connectivity index (χ1v) is 12.0. The van der Waals surface area contributed by atoms with Crippen LogP contribution in [-0.4, -0.2) is 31.1 Å². The molecule has 1 aromatic carbocycles. The molecular weight excluding hydrogens is 452 g/mol. The SMILES string of the molecule is Cc1ccc(CNc2nc3c(C)cccn3c(=O)c2C=C2SC(=S)N(CC(C)C)C2=O)cc1. The summed E-state index contributed by atoms with van der Waals surface area (Å²) < 4.78 is 2.03. The van der Waals surface area contributed by atoms with Gasteiger partial charge in [-0.25, -0.2) is 4.98 Å². The Morgan fingerprint density at radius 3 is 2.58 bits per heavy atom. The van der Waals surface area contributed by atoms with E-state index in [-0.39, 0.29) is 17.4 Å². The zero-order valence-electron chi connectivity index (χ0n) is 19.1. The third-order valence-corrected chi connectivity index (χ3v) is 6.74. The summed E-state index contributed by atoms with van der Waals surface area (Å²) >= 11 is 6.65. The van der Waals surface area contributed by atoms with E-state index in [1.54, 1.807) is 17.2 Å². The van der Waals surface area contributed by atoms with Gasteiger partial charge in [-0.3, -0.25) is 18.9 Å². The van der Waals surface area contributed by atoms with Gasteiger partial charge in [0.15, 0.2) is 0 Å². The summed E-state index contributed by atoms with van der Waals surface area (Å²) in [5.74, 6) is 0.565. The molecule has 1 amide bonds. The molecule has 6 nitrogen and oxygen atoms in total. The van der Waals surface area contributed by atoms with Crippen LogP contribution in [-0.2, 0) is 11.3 Å². The predicted octanol–water partition coefficient (Wildman–Crippen LogP) is 4.78. The van der Waals surface area contributed by atoms with Crippen LogP contribution in [0, 0.1) is 19.8 Å². The van der Waals surface area contributed by atoms with E-state index in [0.29, 0.717) is 39.3 Å². The van der Waals surface area contributed by atoms with Crippen molar-refractivity contribution < 1.29 is 4.79 Å². The van der Waals surface area contributed by atoms with E-state index in [1.807, 2.05) is 64.1 Å². The summed E-state index contributed by atoms with van der Waals surface area (Å²) in [7, 11) is 0. The quantitative estimate of drug-likeness (QED) is 0.406. The number of thioether (sulfide) groups is 1. The van der Waals surface area contributed by atoms with Crippen LogP contribution in [0.2, 0.25) is 0 Å². The molecule has 33 heavy (non-hydrogen) atoms. The fraction of sp³-hybridized carbons (Fsp3) is 0.280. The fourth-order valence-electron chi connectivity index (χ4n) is 3.62. The molecule has 0 aliphatic carbocycles. The van der Waals surface area contributed by atoms with Crippen molar-refractivity contribution in [2.75, 3.05) is 11.9 Å². The molecule has 1 N–H and O–H groups in total. The number of aryl methyl sites for hydroxylation is 2. The minimum Gasteiger partial charge on any atom is -0.365 e. The van der Waals surface area contributed by atoms with Gasteiger partial charge >= 0.3 is 0 Å². The predicted molar refractivity (Wildman–Crippen MR) is 139 cm³/mol. The van der Waals surface area contributed by atoms with E-state index in [0.717, 1.165) is 11.1 Å². The van der Waals surface area contributed by atoms with Gasteiger partial charge in [0, 0.05) is 19.3 Å². The van der Waals surface area contributed by atoms with Gasteiger partial charge in [0.05, 0.1) is 10.5 Å². The van der Waals surface area contributed by atoms with E-state index >= 15 is 0 Å². The summed E-state index contributed by atoms with van der Waals surface area (Å²) in [6.45, 7) is 9.09. The molecule has 1 saturated heterocycles. The third-order valence-electron chi connectivity index (χ3n) is 5.36. The number of aromatic nitrogens is 2. The normalized spacial score (nSPS) is 15.3. The fourth-order valence-corrected chi connectivity index (χ4v) is 4.88. The number of fused-ring (bicyclic) bond motifs is 1. The first-order chi connectivity index (χ1) is 15.7. The van der Waals surface area contributed by atoms with Crippen molar-refractivity contribution >= 4 is 51.7 Å². The summed E-state index contributed by atoms with van der Waals surface area (Å²) in [6, 6.07) is 11.9. The number of hydrogen-bond acceptors (Lipinski definition) is 6. The molecule has 0 atom stereocenters. The molecule has 2 aromatic heterocycles. The second-order valence-electron chi connectivity index (χ2n) is 8.59. The molecule has 4 rings (SSSR count). The Bertz CT molecular complexity index is 1330. The molecule has 0 bridgehead atoms. The maximum absolute atomic E-state index is 13.5. The van der Waals surface area contributed by atoms with Crippen LogP contribution in [0.15, 0.2) is 52.3 Å². The molecule has 0 unspecified atom stereocenters. The van der Waals surface area contributed by atoms with Gasteiger partial charge in [-0.1, -0.05) is 73.7 Å². The maximum atomic E-state index is 13.5. The van der Waals surface area contributed by atoms with E-state index in [1.165, 1.54) is 21.7 Å². The number of nitrogens with one attached hydrogen (secondary N) is 1. The Balaban J connectivity index is 1.78. The van der Waals surface area contributed by atoms with Gasteiger partial charge in [0.25, 0.3) is 11.5 Å². The van der Waals surface area contributed by atoms with E-state index in [4.69, 9.17) is 17.2 Å². The number of hydrogen-bond donors (Lipinski definition) is 1. The molecule has 1 aliphatic rings. The Labute approximate surface area is 202 Å². The second kappa shape index (κ2) is 9.49. The van der Waals surface area contributed by atoms with Crippen LogP contribution in [0.3, 0.4) is 0 Å². The molecule has 1 aliphatic heterocycles. The third kappa shape index (κ3) is 4.86. The monoisotopic (exact) mass is 478 g/mol. The number of thiocarbonyl (C=S) groups is 1. The van der Waals surface area contributed by atoms with Gasteiger partial charge in [0.2, 0.25) is 0 Å². The minimum absolute atomic E-state index is 0.170. The standard InChI is InChI=1S/C25H26N4O2S2/c1-15(2)14-29-24(31)20(33-25(29)32)12-19-21(26-13-18-9-7-16(3)8-10-18)27-22-17(4)6-5-11-28(22)23(19)30/h5-12,15,26H,13-14H2,1-4H3. The van der Waals surface area contributed by atoms with E-state index in [9.17, 15) is 9.59 Å². The molecule has 3 aromatic rings. The zero-order valence-corrected chi connectivity index (χ0v) is 20.7. The van der Waals surface area contributed by atoms with Crippen LogP contribution in [0.4, 0.5) is 5.82 Å². The van der Waals surface area contributed by atoms with Crippen molar-refractivity contribution in [2.45, 2.75) is 34.2 Å². The summed E-state index contributed by atoms with van der Waals surface area (Å²) in [6.07, 6.45) is 3.32. The first-order valence-electron chi connectivity index (χ1n) is 10.8. The highest BCUT2D eigenvalue weighted by molar-refractivity contribution is 8.26. The Kier molecular flexibility index (Phi) is 6.67. The van der Waals surface area contributed by atoms with Crippen LogP contribution >= 0.6 is 24.0 Å². The summed E-state index contributed by atoms with van der Waals surface area (Å²) in [5, 5.41) is 3.32. The highest BCUT2D eigenvalue weighted by atomic mass is 32.2. The number of amides is 1. The van der Waals surface area contributed by atoms with Crippen molar-refractivity contribution in [2.24, 2.45) is 5.92 Å². The number of carbonyl (C=O) groups is 1. The van der Waals surface area contributed by atoms with Gasteiger partial charge in [-0.15, -0.1) is 0 Å². The van der Waals surface area contributed by atoms with Crippen molar-refractivity contribution in [1.29, 1.82) is 0 Å². The van der Waals surface area contributed by atoms with Crippen LogP contribution in [0.25, 0.3) is 11.7 Å². The lowest BCUT2D eigenvalue weighted by atomic mass is 10.1. The minimum atomic E-state index is -0.232. The smallest absolute Gasteiger partial charge is 0.267 e. The number of anilines is 1. The number of pyridine rings is 1. The number of benzene rings is 1. The molecule has 0 radical (unpaired) electrons. The van der Waals surface area contributed by atoms with E-state index < -0.39 is 0 Å². The van der Waals surface area contributed by atoms with Crippen LogP contribution in [0.1, 0.15) is 36.1 Å². The molecule has 170 valence electrons. The second-order valence-corrected chi connectivity index (χ2v) is 10.3. The lowest BCUT2D eigenvalue weighted by Crippen LogP contribution is -2.31. The van der Waals surface area contributed by atoms with Gasteiger partial charge in [-0.2, -0.15) is 0 Å². The van der Waals surface area contributed by atoms with Crippen molar-refractivity contribution in [3.05, 3.63) is 80.1 Å². The molecule has 3 heterocycles. The average molecular weight is 479 g/mol. The van der Waals surface area contributed by atoms with Crippen molar-refractivity contribution in [3.63, 3.8) is 0 Å². The molecule has 1 fully saturated rings. The topological polar surface area (TPSA) is 66.7 Å². The largest absolute Gasteiger partial charge is 0.365 e. The highest BCUT2D eigenvalue weighted by Crippen LogP contribution is 2.33. The Morgan fingerprint density at radius 1 is 1.15 bits per heavy atom. The highest BCUT2D eigenvalue weighted by Gasteiger charge is 2.33. The van der Waals surface area contributed by atoms with Crippen molar-refractivity contribution in [3.8, 4) is 0 Å². The Morgan fingerprint density at radius 2 is 1.88 bits per heavy atom. The van der Waals surface area contributed by atoms with Gasteiger partial charge < -0.3 is 5.32 Å². The molecule has 0 spiro atoms. The zero-order chi connectivity index (χ0) is 23.7. The lowest BCUT2D eigenvalue weighted by molar-refractivity contribution is -0.122. The lowest BCUT2D eigenvalue weighted by Gasteiger charge is -2.16. The first kappa shape index (κ1) is 23.2. The van der Waals surface area contributed by atoms with Crippen molar-refractivity contribution in [1.82, 2.24) is 14.3 Å². The average Bonchev–Trinajstić information content (AvgIpc) is 3.03. The number of rotatable bonds is 6. The van der Waals surface area contributed by atoms with Crippen LogP contribution in [0.5, 0.6) is 0 Å². The van der Waals surface area contributed by atoms with Gasteiger partial charge in [0.1, 0.15) is 15.8 Å². The van der Waals surface area contributed by atoms with E-state index in [2.05, 4.69) is 5.32 Å². The molecular formula is C25H26N4O2S2. The summed E-state index contributed by atoms with van der Waals surface area (Å²) in [5.41, 5.74) is 3.84. The maximum Gasteiger partial charge on any atom is 0.267 e. The van der Waals surface area contributed by atoms with Gasteiger partial charge in [-0.05, 0) is 43.0 Å². The number of carbonyl (C=O) groups excluding carboxylic acids is 1. The summed E-state index contributed by atoms with van der Waals surface area (Å²) in [4.78, 5) is 33.3. The number of nitrogens with zero attached hydrogens (tertiary/aromatic N) is 3. The van der Waals surface area contributed by atoms with Crippen LogP contribution < -0.4 is 10.9 Å².